The summed E-state index contributed by atoms with van der Waals surface area (Å²) in [6.45, 7) is 7.32. The van der Waals surface area contributed by atoms with Crippen molar-refractivity contribution < 1.29 is 9.32 Å². The Kier molecular flexibility index (Phi) is 4.43. The van der Waals surface area contributed by atoms with E-state index in [0.29, 0.717) is 5.76 Å². The van der Waals surface area contributed by atoms with Crippen molar-refractivity contribution in [2.24, 2.45) is 5.73 Å². The van der Waals surface area contributed by atoms with Crippen LogP contribution in [0.5, 0.6) is 0 Å². The van der Waals surface area contributed by atoms with E-state index >= 15 is 0 Å². The Hall–Kier alpha value is -2.74. The number of aryl methyl sites for hydroxylation is 2. The predicted octanol–water partition coefficient (Wildman–Crippen LogP) is 2.05. The molecule has 0 spiro atoms. The van der Waals surface area contributed by atoms with Gasteiger partial charge in [-0.2, -0.15) is 5.10 Å². The lowest BCUT2D eigenvalue weighted by atomic mass is 9.90. The van der Waals surface area contributed by atoms with Crippen LogP contribution in [0.25, 0.3) is 17.0 Å². The minimum absolute atomic E-state index is 0.186. The summed E-state index contributed by atoms with van der Waals surface area (Å²) in [6, 6.07) is 3.58. The second-order valence-corrected chi connectivity index (χ2v) is 7.36. The molecule has 8 heteroatoms. The van der Waals surface area contributed by atoms with E-state index in [1.54, 1.807) is 0 Å². The number of nitrogens with two attached hydrogens (primary N) is 1. The van der Waals surface area contributed by atoms with Gasteiger partial charge in [-0.1, -0.05) is 5.16 Å². The molecule has 0 aliphatic carbocycles. The van der Waals surface area contributed by atoms with Crippen LogP contribution in [0.1, 0.15) is 42.8 Å². The van der Waals surface area contributed by atoms with Crippen LogP contribution in [0.15, 0.2) is 22.9 Å². The van der Waals surface area contributed by atoms with E-state index in [-0.39, 0.29) is 17.9 Å². The number of likely N-dealkylation sites (tertiary alicyclic amines) is 1. The third kappa shape index (κ3) is 3.21. The van der Waals surface area contributed by atoms with E-state index in [1.165, 1.54) is 0 Å². The molecule has 0 unspecified atom stereocenters. The number of aromatic nitrogens is 4. The fourth-order valence-electron chi connectivity index (χ4n) is 3.90. The summed E-state index contributed by atoms with van der Waals surface area (Å²) in [6.07, 6.45) is 3.82. The van der Waals surface area contributed by atoms with Crippen LogP contribution >= 0.6 is 0 Å². The molecule has 0 bridgehead atoms. The highest BCUT2D eigenvalue weighted by molar-refractivity contribution is 5.79. The number of hydrogen-bond acceptors (Lipinski definition) is 6. The molecule has 1 fully saturated rings. The SMILES string of the molecule is Cc1cc(-c2cnc3cc(C)nn3c2[C@@H]2CCCN([C@@H](C)C(N)=O)C2)on1. The summed E-state index contributed by atoms with van der Waals surface area (Å²) in [5.41, 5.74) is 10.0. The topological polar surface area (TPSA) is 103 Å². The average molecular weight is 368 g/mol. The number of carbonyl (C=O) groups excluding carboxylic acids is 1. The van der Waals surface area contributed by atoms with Gasteiger partial charge in [0.05, 0.1) is 28.7 Å². The van der Waals surface area contributed by atoms with Gasteiger partial charge >= 0.3 is 0 Å². The number of fused-ring (bicyclic) bond motifs is 1. The van der Waals surface area contributed by atoms with Crippen LogP contribution in [0.2, 0.25) is 0 Å². The van der Waals surface area contributed by atoms with Crippen molar-refractivity contribution in [1.82, 2.24) is 24.7 Å². The van der Waals surface area contributed by atoms with Gasteiger partial charge in [0, 0.05) is 30.8 Å². The van der Waals surface area contributed by atoms with Gasteiger partial charge in [0.1, 0.15) is 0 Å². The summed E-state index contributed by atoms with van der Waals surface area (Å²) >= 11 is 0. The molecule has 27 heavy (non-hydrogen) atoms. The first-order valence-corrected chi connectivity index (χ1v) is 9.26. The third-order valence-corrected chi connectivity index (χ3v) is 5.34. The maximum absolute atomic E-state index is 11.7. The van der Waals surface area contributed by atoms with Crippen molar-refractivity contribution in [3.63, 3.8) is 0 Å². The van der Waals surface area contributed by atoms with Gasteiger partial charge in [-0.15, -0.1) is 0 Å². The lowest BCUT2D eigenvalue weighted by Crippen LogP contribution is -2.47. The number of nitrogens with zero attached hydrogens (tertiary/aromatic N) is 5. The number of piperidine rings is 1. The number of rotatable bonds is 4. The van der Waals surface area contributed by atoms with Crippen molar-refractivity contribution in [1.29, 1.82) is 0 Å². The van der Waals surface area contributed by atoms with Gasteiger partial charge in [0.15, 0.2) is 11.4 Å². The van der Waals surface area contributed by atoms with E-state index in [0.717, 1.165) is 54.2 Å². The zero-order valence-corrected chi connectivity index (χ0v) is 15.8. The van der Waals surface area contributed by atoms with Gasteiger partial charge in [-0.3, -0.25) is 9.69 Å². The first-order chi connectivity index (χ1) is 12.9. The fraction of sp³-hybridized carbons (Fsp3) is 0.474. The van der Waals surface area contributed by atoms with Crippen molar-refractivity contribution in [2.75, 3.05) is 13.1 Å². The highest BCUT2D eigenvalue weighted by Crippen LogP contribution is 2.35. The molecule has 1 aliphatic rings. The van der Waals surface area contributed by atoms with Crippen LogP contribution < -0.4 is 5.73 Å². The minimum Gasteiger partial charge on any atom is -0.368 e. The Morgan fingerprint density at radius 1 is 1.33 bits per heavy atom. The summed E-state index contributed by atoms with van der Waals surface area (Å²) < 4.78 is 7.44. The summed E-state index contributed by atoms with van der Waals surface area (Å²) in [5.74, 6) is 0.576. The Balaban J connectivity index is 1.82. The molecule has 0 aromatic carbocycles. The molecule has 0 saturated carbocycles. The molecule has 8 nitrogen and oxygen atoms in total. The summed E-state index contributed by atoms with van der Waals surface area (Å²) in [7, 11) is 0. The maximum atomic E-state index is 11.7. The molecule has 2 atom stereocenters. The molecular weight excluding hydrogens is 344 g/mol. The molecule has 142 valence electrons. The second kappa shape index (κ2) is 6.77. The largest absolute Gasteiger partial charge is 0.368 e. The molecule has 4 rings (SSSR count). The van der Waals surface area contributed by atoms with Gasteiger partial charge in [0.25, 0.3) is 0 Å². The van der Waals surface area contributed by atoms with E-state index in [4.69, 9.17) is 10.3 Å². The van der Waals surface area contributed by atoms with Crippen LogP contribution in [0, 0.1) is 13.8 Å². The first kappa shape index (κ1) is 17.7. The summed E-state index contributed by atoms with van der Waals surface area (Å²) in [4.78, 5) is 18.4. The normalized spacial score (nSPS) is 19.4. The molecular formula is C19H24N6O2. The van der Waals surface area contributed by atoms with Crippen LogP contribution in [-0.4, -0.2) is 49.7 Å². The lowest BCUT2D eigenvalue weighted by Gasteiger charge is -2.36. The maximum Gasteiger partial charge on any atom is 0.234 e. The standard InChI is InChI=1S/C19H24N6O2/c1-11-8-17-21-9-15(16-7-12(2)23-27-16)18(25(17)22-11)14-5-4-6-24(10-14)13(3)19(20)26/h7-9,13-14H,4-6,10H2,1-3H3,(H2,20,26)/t13-,14+/m0/s1. The second-order valence-electron chi connectivity index (χ2n) is 7.36. The highest BCUT2D eigenvalue weighted by atomic mass is 16.5. The highest BCUT2D eigenvalue weighted by Gasteiger charge is 2.31. The number of amides is 1. The van der Waals surface area contributed by atoms with Crippen LogP contribution in [-0.2, 0) is 4.79 Å². The first-order valence-electron chi connectivity index (χ1n) is 9.26. The van der Waals surface area contributed by atoms with E-state index in [2.05, 4.69) is 20.1 Å². The predicted molar refractivity (Wildman–Crippen MR) is 100 cm³/mol. The Morgan fingerprint density at radius 2 is 2.15 bits per heavy atom. The molecule has 2 N–H and O–H groups in total. The molecule has 3 aromatic rings. The minimum atomic E-state index is -0.295. The van der Waals surface area contributed by atoms with Gasteiger partial charge < -0.3 is 10.3 Å². The Morgan fingerprint density at radius 3 is 2.85 bits per heavy atom. The van der Waals surface area contributed by atoms with Crippen molar-refractivity contribution in [3.05, 3.63) is 35.4 Å². The quantitative estimate of drug-likeness (QED) is 0.756. The molecule has 1 saturated heterocycles. The zero-order valence-electron chi connectivity index (χ0n) is 15.8. The molecule has 3 aromatic heterocycles. The van der Waals surface area contributed by atoms with Gasteiger partial charge in [0.2, 0.25) is 5.91 Å². The van der Waals surface area contributed by atoms with E-state index in [9.17, 15) is 4.79 Å². The van der Waals surface area contributed by atoms with Gasteiger partial charge in [-0.05, 0) is 40.2 Å². The molecule has 1 aliphatic heterocycles. The van der Waals surface area contributed by atoms with Crippen molar-refractivity contribution in [3.8, 4) is 11.3 Å². The van der Waals surface area contributed by atoms with Crippen LogP contribution in [0.3, 0.4) is 0 Å². The lowest BCUT2D eigenvalue weighted by molar-refractivity contribution is -0.123. The zero-order chi connectivity index (χ0) is 19.1. The molecule has 1 amide bonds. The van der Waals surface area contributed by atoms with E-state index < -0.39 is 0 Å². The summed E-state index contributed by atoms with van der Waals surface area (Å²) in [5, 5.41) is 8.70. The third-order valence-electron chi connectivity index (χ3n) is 5.34. The number of carbonyl (C=O) groups is 1. The fourth-order valence-corrected chi connectivity index (χ4v) is 3.90. The molecule has 4 heterocycles. The number of hydrogen-bond donors (Lipinski definition) is 1. The van der Waals surface area contributed by atoms with Gasteiger partial charge in [-0.25, -0.2) is 9.50 Å². The Labute approximate surface area is 157 Å². The smallest absolute Gasteiger partial charge is 0.234 e. The monoisotopic (exact) mass is 368 g/mol. The number of primary amides is 1. The average Bonchev–Trinajstić information content (AvgIpc) is 3.24. The van der Waals surface area contributed by atoms with E-state index in [1.807, 2.05) is 43.6 Å². The van der Waals surface area contributed by atoms with Crippen LogP contribution in [0.4, 0.5) is 0 Å². The van der Waals surface area contributed by atoms with Crippen molar-refractivity contribution >= 4 is 11.6 Å². The Bertz CT molecular complexity index is 991. The van der Waals surface area contributed by atoms with Crippen molar-refractivity contribution in [2.45, 2.75) is 45.6 Å². The molecule has 0 radical (unpaired) electrons.